The number of carbonyl (C=O) groups is 1. The van der Waals surface area contributed by atoms with Crippen LogP contribution in [0.25, 0.3) is 0 Å². The van der Waals surface area contributed by atoms with Gasteiger partial charge in [0.2, 0.25) is 0 Å². The van der Waals surface area contributed by atoms with Gasteiger partial charge < -0.3 is 9.05 Å². The average Bonchev–Trinajstić information content (AvgIpc) is 2.24. The summed E-state index contributed by atoms with van der Waals surface area (Å²) in [5.74, 6) is 0.397. The summed E-state index contributed by atoms with van der Waals surface area (Å²) >= 11 is 0. The van der Waals surface area contributed by atoms with Gasteiger partial charge in [-0.15, -0.1) is 0 Å². The van der Waals surface area contributed by atoms with Crippen LogP contribution in [-0.2, 0) is 18.4 Å². The van der Waals surface area contributed by atoms with Crippen molar-refractivity contribution in [2.24, 2.45) is 11.8 Å². The summed E-state index contributed by atoms with van der Waals surface area (Å²) in [5, 5.41) is 0. The Balaban J connectivity index is 4.68. The Morgan fingerprint density at radius 3 is 1.82 bits per heavy atom. The third-order valence-electron chi connectivity index (χ3n) is 1.73. The van der Waals surface area contributed by atoms with Crippen molar-refractivity contribution < 1.29 is 18.4 Å². The van der Waals surface area contributed by atoms with Gasteiger partial charge in [-0.05, 0) is 24.8 Å². The van der Waals surface area contributed by atoms with Gasteiger partial charge in [-0.2, -0.15) is 0 Å². The largest absolute Gasteiger partial charge is 0.400 e. The summed E-state index contributed by atoms with van der Waals surface area (Å²) in [5.41, 5.74) is -0.582. The molecule has 17 heavy (non-hydrogen) atoms. The van der Waals surface area contributed by atoms with Crippen LogP contribution in [0.1, 0.15) is 34.6 Å². The molecule has 0 spiro atoms. The molecule has 0 aromatic carbocycles. The highest BCUT2D eigenvalue weighted by molar-refractivity contribution is 7.72. The lowest BCUT2D eigenvalue weighted by Gasteiger charge is -2.18. The van der Waals surface area contributed by atoms with Gasteiger partial charge in [0, 0.05) is 0 Å². The summed E-state index contributed by atoms with van der Waals surface area (Å²) in [6.45, 7) is 9.88. The normalized spacial score (nSPS) is 12.9. The molecule has 0 amide bonds. The van der Waals surface area contributed by atoms with Crippen LogP contribution in [0, 0.1) is 11.8 Å². The lowest BCUT2D eigenvalue weighted by molar-refractivity contribution is -0.110. The standard InChI is InChI=1S/C12H23O4P/c1-6-7-12(13)17(14,15-8-10(2)3)16-9-11(4)5/h6-7,10-11H,8-9H2,1-5H3/b7-6+. The molecule has 0 N–H and O–H groups in total. The first kappa shape index (κ1) is 16.6. The fourth-order valence-corrected chi connectivity index (χ4v) is 2.54. The Labute approximate surface area is 104 Å². The van der Waals surface area contributed by atoms with Crippen LogP contribution in [0.2, 0.25) is 0 Å². The van der Waals surface area contributed by atoms with E-state index in [0.717, 1.165) is 0 Å². The minimum absolute atomic E-state index is 0.199. The van der Waals surface area contributed by atoms with Gasteiger partial charge in [0.05, 0.1) is 13.2 Å². The molecule has 0 fully saturated rings. The van der Waals surface area contributed by atoms with E-state index in [0.29, 0.717) is 0 Å². The van der Waals surface area contributed by atoms with Gasteiger partial charge in [-0.1, -0.05) is 33.8 Å². The highest BCUT2D eigenvalue weighted by Crippen LogP contribution is 2.50. The van der Waals surface area contributed by atoms with Crippen molar-refractivity contribution in [1.82, 2.24) is 0 Å². The Morgan fingerprint density at radius 1 is 1.12 bits per heavy atom. The maximum Gasteiger partial charge on any atom is 0.400 e. The van der Waals surface area contributed by atoms with Crippen LogP contribution >= 0.6 is 7.60 Å². The van der Waals surface area contributed by atoms with Crippen molar-refractivity contribution in [3.8, 4) is 0 Å². The molecule has 0 unspecified atom stereocenters. The summed E-state index contributed by atoms with van der Waals surface area (Å²) in [7, 11) is -3.66. The molecule has 0 rings (SSSR count). The molecule has 0 saturated heterocycles. The first-order valence-corrected chi connectivity index (χ1v) is 7.42. The molecule has 0 heterocycles. The second-order valence-corrected chi connectivity index (χ2v) is 6.67. The number of allylic oxidation sites excluding steroid dienone is 2. The SMILES string of the molecule is C/C=C/C(=O)P(=O)(OCC(C)C)OCC(C)C. The zero-order valence-corrected chi connectivity index (χ0v) is 12.2. The van der Waals surface area contributed by atoms with E-state index in [1.807, 2.05) is 27.7 Å². The van der Waals surface area contributed by atoms with E-state index in [1.54, 1.807) is 6.92 Å². The van der Waals surface area contributed by atoms with Crippen molar-refractivity contribution in [3.63, 3.8) is 0 Å². The van der Waals surface area contributed by atoms with Crippen LogP contribution in [0.15, 0.2) is 12.2 Å². The van der Waals surface area contributed by atoms with Crippen molar-refractivity contribution in [2.45, 2.75) is 34.6 Å². The van der Waals surface area contributed by atoms with Crippen LogP contribution in [0.4, 0.5) is 0 Å². The first-order valence-electron chi connectivity index (χ1n) is 5.88. The van der Waals surface area contributed by atoms with Gasteiger partial charge in [-0.25, -0.2) is 0 Å². The van der Waals surface area contributed by atoms with E-state index in [-0.39, 0.29) is 25.0 Å². The maximum atomic E-state index is 12.3. The summed E-state index contributed by atoms with van der Waals surface area (Å²) < 4.78 is 22.6. The first-order chi connectivity index (χ1) is 7.81. The van der Waals surface area contributed by atoms with Gasteiger partial charge in [-0.3, -0.25) is 9.36 Å². The molecule has 0 aliphatic rings. The fourth-order valence-electron chi connectivity index (χ4n) is 0.893. The highest BCUT2D eigenvalue weighted by Gasteiger charge is 2.33. The molecule has 0 aliphatic carbocycles. The highest BCUT2D eigenvalue weighted by atomic mass is 31.2. The van der Waals surface area contributed by atoms with Crippen molar-refractivity contribution >= 4 is 13.1 Å². The third kappa shape index (κ3) is 6.77. The van der Waals surface area contributed by atoms with E-state index in [1.165, 1.54) is 12.2 Å². The molecule has 0 radical (unpaired) electrons. The van der Waals surface area contributed by atoms with Crippen molar-refractivity contribution in [1.29, 1.82) is 0 Å². The van der Waals surface area contributed by atoms with Crippen LogP contribution in [-0.4, -0.2) is 18.7 Å². The summed E-state index contributed by atoms with van der Waals surface area (Å²) in [6.07, 6.45) is 2.77. The molecular formula is C12H23O4P. The minimum Gasteiger partial charge on any atom is -0.303 e. The zero-order chi connectivity index (χ0) is 13.5. The molecule has 5 heteroatoms. The summed E-state index contributed by atoms with van der Waals surface area (Å²) in [6, 6.07) is 0. The predicted molar refractivity (Wildman–Crippen MR) is 69.0 cm³/mol. The van der Waals surface area contributed by atoms with Gasteiger partial charge in [0.15, 0.2) is 0 Å². The summed E-state index contributed by atoms with van der Waals surface area (Å²) in [4.78, 5) is 11.7. The van der Waals surface area contributed by atoms with E-state index >= 15 is 0 Å². The average molecular weight is 262 g/mol. The van der Waals surface area contributed by atoms with E-state index < -0.39 is 13.1 Å². The maximum absolute atomic E-state index is 12.3. The molecule has 100 valence electrons. The molecule has 4 nitrogen and oxygen atoms in total. The lowest BCUT2D eigenvalue weighted by atomic mass is 10.2. The second-order valence-electron chi connectivity index (χ2n) is 4.71. The van der Waals surface area contributed by atoms with E-state index in [2.05, 4.69) is 0 Å². The minimum atomic E-state index is -3.66. The Hall–Kier alpha value is -0.440. The van der Waals surface area contributed by atoms with Gasteiger partial charge >= 0.3 is 7.60 Å². The zero-order valence-electron chi connectivity index (χ0n) is 11.3. The number of hydrogen-bond acceptors (Lipinski definition) is 4. The molecule has 0 aromatic rings. The Kier molecular flexibility index (Phi) is 7.60. The number of rotatable bonds is 8. The Morgan fingerprint density at radius 2 is 1.53 bits per heavy atom. The molecule has 0 bridgehead atoms. The van der Waals surface area contributed by atoms with E-state index in [9.17, 15) is 9.36 Å². The van der Waals surface area contributed by atoms with Crippen LogP contribution in [0.5, 0.6) is 0 Å². The molecule has 0 aromatic heterocycles. The van der Waals surface area contributed by atoms with Crippen molar-refractivity contribution in [3.05, 3.63) is 12.2 Å². The van der Waals surface area contributed by atoms with Gasteiger partial charge in [0.25, 0.3) is 5.52 Å². The quantitative estimate of drug-likeness (QED) is 0.495. The predicted octanol–water partition coefficient (Wildman–Crippen LogP) is 3.63. The second kappa shape index (κ2) is 7.80. The smallest absolute Gasteiger partial charge is 0.303 e. The molecular weight excluding hydrogens is 239 g/mol. The van der Waals surface area contributed by atoms with Gasteiger partial charge in [0.1, 0.15) is 0 Å². The molecule has 0 aliphatic heterocycles. The monoisotopic (exact) mass is 262 g/mol. The van der Waals surface area contributed by atoms with Crippen molar-refractivity contribution in [2.75, 3.05) is 13.2 Å². The lowest BCUT2D eigenvalue weighted by Crippen LogP contribution is -2.11. The number of carbonyl (C=O) groups excluding carboxylic acids is 1. The Bertz CT molecular complexity index is 292. The molecule has 0 atom stereocenters. The third-order valence-corrected chi connectivity index (χ3v) is 3.40. The van der Waals surface area contributed by atoms with E-state index in [4.69, 9.17) is 9.05 Å². The van der Waals surface area contributed by atoms with Crippen LogP contribution < -0.4 is 0 Å². The topological polar surface area (TPSA) is 52.6 Å². The molecule has 0 saturated carbocycles. The van der Waals surface area contributed by atoms with Crippen LogP contribution in [0.3, 0.4) is 0 Å². The fraction of sp³-hybridized carbons (Fsp3) is 0.750. The number of hydrogen-bond donors (Lipinski definition) is 0.